The number of nitro groups is 2. The van der Waals surface area contributed by atoms with Crippen molar-refractivity contribution in [2.45, 2.75) is 71.3 Å². The van der Waals surface area contributed by atoms with Crippen molar-refractivity contribution in [2.75, 3.05) is 6.54 Å². The second-order valence-corrected chi connectivity index (χ2v) is 5.12. The van der Waals surface area contributed by atoms with Gasteiger partial charge in [-0.05, 0) is 12.8 Å². The molecule has 0 heterocycles. The van der Waals surface area contributed by atoms with E-state index in [1.165, 1.54) is 0 Å². The fourth-order valence-corrected chi connectivity index (χ4v) is 2.37. The molecule has 0 aromatic carbocycles. The van der Waals surface area contributed by atoms with Gasteiger partial charge in [0.2, 0.25) is 12.6 Å². The zero-order valence-corrected chi connectivity index (χ0v) is 12.0. The highest BCUT2D eigenvalue weighted by Crippen LogP contribution is 2.21. The van der Waals surface area contributed by atoms with Gasteiger partial charge in [-0.1, -0.05) is 46.0 Å². The van der Waals surface area contributed by atoms with E-state index in [0.717, 1.165) is 38.5 Å². The normalized spacial score (nSPS) is 14.0. The van der Waals surface area contributed by atoms with Crippen LogP contribution in [0.15, 0.2) is 0 Å². The Bertz CT molecular complexity index is 271. The van der Waals surface area contributed by atoms with Crippen molar-refractivity contribution >= 4 is 0 Å². The second-order valence-electron chi connectivity index (χ2n) is 5.12. The van der Waals surface area contributed by atoms with Gasteiger partial charge in [0.05, 0.1) is 5.92 Å². The Morgan fingerprint density at radius 2 is 1.42 bits per heavy atom. The van der Waals surface area contributed by atoms with Gasteiger partial charge in [-0.25, -0.2) is 0 Å². The Labute approximate surface area is 114 Å². The zero-order chi connectivity index (χ0) is 14.7. The Morgan fingerprint density at radius 1 is 0.895 bits per heavy atom. The largest absolute Gasteiger partial charge is 0.265 e. The van der Waals surface area contributed by atoms with Crippen molar-refractivity contribution < 1.29 is 9.85 Å². The number of unbranched alkanes of at least 4 members (excludes halogenated alkanes) is 4. The lowest BCUT2D eigenvalue weighted by atomic mass is 9.90. The minimum absolute atomic E-state index is 0.276. The fraction of sp³-hybridized carbons (Fsp3) is 1.00. The highest BCUT2D eigenvalue weighted by molar-refractivity contribution is 4.70. The quantitative estimate of drug-likeness (QED) is 0.308. The summed E-state index contributed by atoms with van der Waals surface area (Å²) >= 11 is 0. The maximum atomic E-state index is 11.1. The molecule has 0 aliphatic rings. The van der Waals surface area contributed by atoms with Crippen molar-refractivity contribution in [1.82, 2.24) is 0 Å². The lowest BCUT2D eigenvalue weighted by Crippen LogP contribution is -2.34. The lowest BCUT2D eigenvalue weighted by molar-refractivity contribution is -0.556. The summed E-state index contributed by atoms with van der Waals surface area (Å²) in [5.41, 5.74) is 0. The molecular formula is C13H26N2O4. The van der Waals surface area contributed by atoms with Crippen molar-refractivity contribution in [3.05, 3.63) is 20.2 Å². The summed E-state index contributed by atoms with van der Waals surface area (Å²) in [5.74, 6) is -0.423. The van der Waals surface area contributed by atoms with Gasteiger partial charge in [-0.15, -0.1) is 0 Å². The molecule has 0 aromatic heterocycles. The molecule has 0 aromatic rings. The van der Waals surface area contributed by atoms with Crippen LogP contribution in [0.2, 0.25) is 0 Å². The van der Waals surface area contributed by atoms with Crippen molar-refractivity contribution in [2.24, 2.45) is 5.92 Å². The third-order valence-corrected chi connectivity index (χ3v) is 3.48. The second kappa shape index (κ2) is 10.7. The molecule has 0 radical (unpaired) electrons. The van der Waals surface area contributed by atoms with Gasteiger partial charge in [-0.3, -0.25) is 20.2 Å². The first-order valence-electron chi connectivity index (χ1n) is 7.28. The van der Waals surface area contributed by atoms with Crippen LogP contribution in [0, 0.1) is 26.1 Å². The summed E-state index contributed by atoms with van der Waals surface area (Å²) in [5, 5.41) is 21.8. The Morgan fingerprint density at radius 3 is 1.84 bits per heavy atom. The minimum Gasteiger partial charge on any atom is -0.265 e. The van der Waals surface area contributed by atoms with Gasteiger partial charge < -0.3 is 0 Å². The van der Waals surface area contributed by atoms with Crippen LogP contribution in [0.5, 0.6) is 0 Å². The highest BCUT2D eigenvalue weighted by atomic mass is 16.6. The van der Waals surface area contributed by atoms with Crippen LogP contribution < -0.4 is 0 Å². The maximum absolute atomic E-state index is 11.1. The Hall–Kier alpha value is -1.20. The van der Waals surface area contributed by atoms with Crippen LogP contribution >= 0.6 is 0 Å². The number of hydrogen-bond acceptors (Lipinski definition) is 4. The van der Waals surface area contributed by atoms with Gasteiger partial charge in [0.15, 0.2) is 0 Å². The molecule has 2 unspecified atom stereocenters. The predicted molar refractivity (Wildman–Crippen MR) is 74.4 cm³/mol. The van der Waals surface area contributed by atoms with E-state index in [2.05, 4.69) is 6.92 Å². The molecule has 0 aliphatic heterocycles. The van der Waals surface area contributed by atoms with Crippen LogP contribution in [0.4, 0.5) is 0 Å². The molecule has 0 saturated carbocycles. The molecule has 2 atom stereocenters. The molecule has 112 valence electrons. The van der Waals surface area contributed by atoms with Gasteiger partial charge in [0.25, 0.3) is 0 Å². The molecule has 0 fully saturated rings. The summed E-state index contributed by atoms with van der Waals surface area (Å²) in [6.07, 6.45) is 6.62. The fourth-order valence-electron chi connectivity index (χ4n) is 2.37. The summed E-state index contributed by atoms with van der Waals surface area (Å²) in [6.45, 7) is 3.81. The molecular weight excluding hydrogens is 248 g/mol. The van der Waals surface area contributed by atoms with Crippen molar-refractivity contribution in [3.63, 3.8) is 0 Å². The first-order chi connectivity index (χ1) is 9.02. The van der Waals surface area contributed by atoms with E-state index in [1.807, 2.05) is 6.92 Å². The predicted octanol–water partition coefficient (Wildman–Crippen LogP) is 3.69. The standard InChI is InChI=1S/C13H26N2O4/c1-3-5-7-9-12(11-14(16)17)13(15(18)19)10-8-6-4-2/h12-13H,3-11H2,1-2H3. The number of rotatable bonds is 12. The molecule has 0 aliphatic carbocycles. The molecule has 6 nitrogen and oxygen atoms in total. The SMILES string of the molecule is CCCCCC(C[N+](=O)[O-])C(CCCCC)[N+](=O)[O-]. The summed E-state index contributed by atoms with van der Waals surface area (Å²) < 4.78 is 0. The van der Waals surface area contributed by atoms with E-state index in [4.69, 9.17) is 0 Å². The van der Waals surface area contributed by atoms with E-state index in [0.29, 0.717) is 12.8 Å². The summed E-state index contributed by atoms with van der Waals surface area (Å²) in [7, 11) is 0. The van der Waals surface area contributed by atoms with E-state index >= 15 is 0 Å². The van der Waals surface area contributed by atoms with Gasteiger partial charge in [-0.2, -0.15) is 0 Å². The van der Waals surface area contributed by atoms with E-state index in [9.17, 15) is 20.2 Å². The van der Waals surface area contributed by atoms with Crippen LogP contribution in [0.3, 0.4) is 0 Å². The highest BCUT2D eigenvalue weighted by Gasteiger charge is 2.34. The number of hydrogen-bond donors (Lipinski definition) is 0. The Kier molecular flexibility index (Phi) is 10.0. The molecule has 0 spiro atoms. The summed E-state index contributed by atoms with van der Waals surface area (Å²) in [4.78, 5) is 21.1. The number of nitrogens with zero attached hydrogens (tertiary/aromatic N) is 2. The van der Waals surface area contributed by atoms with E-state index < -0.39 is 16.9 Å². The molecule has 0 amide bonds. The minimum atomic E-state index is -0.756. The first-order valence-corrected chi connectivity index (χ1v) is 7.28. The van der Waals surface area contributed by atoms with E-state index in [1.54, 1.807) is 0 Å². The molecule has 19 heavy (non-hydrogen) atoms. The van der Waals surface area contributed by atoms with Gasteiger partial charge in [0, 0.05) is 16.3 Å². The zero-order valence-electron chi connectivity index (χ0n) is 12.0. The first kappa shape index (κ1) is 17.8. The maximum Gasteiger partial charge on any atom is 0.222 e. The third-order valence-electron chi connectivity index (χ3n) is 3.48. The van der Waals surface area contributed by atoms with Crippen LogP contribution in [0.25, 0.3) is 0 Å². The molecule has 0 bridgehead atoms. The monoisotopic (exact) mass is 274 g/mol. The summed E-state index contributed by atoms with van der Waals surface area (Å²) in [6, 6.07) is -0.756. The van der Waals surface area contributed by atoms with Gasteiger partial charge in [0.1, 0.15) is 0 Å². The lowest BCUT2D eigenvalue weighted by Gasteiger charge is -2.17. The van der Waals surface area contributed by atoms with Crippen LogP contribution in [0.1, 0.15) is 65.2 Å². The average Bonchev–Trinajstić information content (AvgIpc) is 2.33. The molecule has 0 saturated heterocycles. The smallest absolute Gasteiger partial charge is 0.222 e. The molecule has 0 N–H and O–H groups in total. The molecule has 0 rings (SSSR count). The van der Waals surface area contributed by atoms with E-state index in [-0.39, 0.29) is 11.5 Å². The van der Waals surface area contributed by atoms with Crippen LogP contribution in [-0.2, 0) is 0 Å². The topological polar surface area (TPSA) is 86.3 Å². The van der Waals surface area contributed by atoms with Crippen LogP contribution in [-0.4, -0.2) is 22.4 Å². The van der Waals surface area contributed by atoms with Crippen molar-refractivity contribution in [3.8, 4) is 0 Å². The Balaban J connectivity index is 4.51. The van der Waals surface area contributed by atoms with Gasteiger partial charge >= 0.3 is 0 Å². The molecule has 6 heteroatoms. The average molecular weight is 274 g/mol. The third kappa shape index (κ3) is 8.51. The van der Waals surface area contributed by atoms with Crippen molar-refractivity contribution in [1.29, 1.82) is 0 Å².